The lowest BCUT2D eigenvalue weighted by atomic mass is 10.0. The van der Waals surface area contributed by atoms with Crippen molar-refractivity contribution in [1.82, 2.24) is 9.97 Å². The highest BCUT2D eigenvalue weighted by Gasteiger charge is 2.18. The molecule has 0 atom stereocenters. The smallest absolute Gasteiger partial charge is 0.0988 e. The van der Waals surface area contributed by atoms with Crippen LogP contribution < -0.4 is 0 Å². The number of hydrogen-bond donors (Lipinski definition) is 0. The van der Waals surface area contributed by atoms with Crippen LogP contribution in [0, 0.1) is 0 Å². The van der Waals surface area contributed by atoms with Crippen LogP contribution >= 0.6 is 22.7 Å². The zero-order valence-corrected chi connectivity index (χ0v) is 16.4. The van der Waals surface area contributed by atoms with Crippen LogP contribution in [0.15, 0.2) is 83.6 Å². The van der Waals surface area contributed by atoms with Gasteiger partial charge in [0.25, 0.3) is 0 Å². The summed E-state index contributed by atoms with van der Waals surface area (Å²) in [5.41, 5.74) is 6.08. The zero-order valence-electron chi connectivity index (χ0n) is 14.8. The van der Waals surface area contributed by atoms with E-state index in [2.05, 4.69) is 59.3 Å². The summed E-state index contributed by atoms with van der Waals surface area (Å²) in [6.45, 7) is 0. The third-order valence-corrected chi connectivity index (χ3v) is 6.97. The minimum absolute atomic E-state index is 0.927. The van der Waals surface area contributed by atoms with Crippen molar-refractivity contribution >= 4 is 53.9 Å². The van der Waals surface area contributed by atoms with Crippen molar-refractivity contribution in [2.45, 2.75) is 0 Å². The number of hydrogen-bond acceptors (Lipinski definition) is 4. The molecule has 6 aromatic rings. The van der Waals surface area contributed by atoms with Crippen LogP contribution in [0.25, 0.3) is 53.7 Å². The fourth-order valence-corrected chi connectivity index (χ4v) is 5.59. The van der Waals surface area contributed by atoms with Crippen molar-refractivity contribution in [2.75, 3.05) is 0 Å². The first-order valence-electron chi connectivity index (χ1n) is 9.08. The Balaban J connectivity index is 1.73. The van der Waals surface area contributed by atoms with E-state index in [1.165, 1.54) is 20.2 Å². The Labute approximate surface area is 169 Å². The van der Waals surface area contributed by atoms with Crippen molar-refractivity contribution < 1.29 is 0 Å². The number of thiophene rings is 2. The maximum Gasteiger partial charge on any atom is 0.0988 e. The van der Waals surface area contributed by atoms with E-state index in [0.717, 1.165) is 33.5 Å². The largest absolute Gasteiger partial charge is 0.244 e. The first kappa shape index (κ1) is 15.9. The number of fused-ring (bicyclic) bond motifs is 3. The van der Waals surface area contributed by atoms with Crippen LogP contribution in [0.3, 0.4) is 0 Å². The predicted octanol–water partition coefficient (Wildman–Crippen LogP) is 7.39. The maximum absolute atomic E-state index is 5.08. The molecule has 0 amide bonds. The fourth-order valence-electron chi connectivity index (χ4n) is 3.70. The van der Waals surface area contributed by atoms with E-state index in [1.54, 1.807) is 22.7 Å². The third kappa shape index (κ3) is 2.39. The van der Waals surface area contributed by atoms with Crippen LogP contribution in [0.4, 0.5) is 0 Å². The predicted molar refractivity (Wildman–Crippen MR) is 121 cm³/mol. The molecule has 4 heteroatoms. The van der Waals surface area contributed by atoms with E-state index in [9.17, 15) is 0 Å². The Morgan fingerprint density at radius 3 is 1.43 bits per heavy atom. The second-order valence-electron chi connectivity index (χ2n) is 6.70. The van der Waals surface area contributed by atoms with Crippen LogP contribution in [0.5, 0.6) is 0 Å². The number of para-hydroxylation sites is 2. The van der Waals surface area contributed by atoms with Crippen LogP contribution in [0.2, 0.25) is 0 Å². The van der Waals surface area contributed by atoms with Gasteiger partial charge in [0, 0.05) is 42.1 Å². The van der Waals surface area contributed by atoms with Crippen molar-refractivity contribution in [3.63, 3.8) is 0 Å². The Kier molecular flexibility index (Phi) is 3.54. The molecule has 3 heterocycles. The second-order valence-corrected chi connectivity index (χ2v) is 8.52. The van der Waals surface area contributed by atoms with E-state index in [4.69, 9.17) is 9.97 Å². The first-order chi connectivity index (χ1) is 13.9. The van der Waals surface area contributed by atoms with Gasteiger partial charge < -0.3 is 0 Å². The lowest BCUT2D eigenvalue weighted by molar-refractivity contribution is 1.31. The second kappa shape index (κ2) is 6.23. The summed E-state index contributed by atoms with van der Waals surface area (Å²) < 4.78 is 2.54. The van der Waals surface area contributed by atoms with Crippen molar-refractivity contribution in [3.05, 3.63) is 83.6 Å². The normalized spacial score (nSPS) is 11.6. The van der Waals surface area contributed by atoms with Gasteiger partial charge in [0.2, 0.25) is 0 Å². The zero-order chi connectivity index (χ0) is 18.5. The molecule has 0 unspecified atom stereocenters. The molecule has 0 N–H and O–H groups in total. The molecule has 0 spiro atoms. The van der Waals surface area contributed by atoms with Gasteiger partial charge in [0.1, 0.15) is 0 Å². The Hall–Kier alpha value is -3.08. The molecule has 6 rings (SSSR count). The highest BCUT2D eigenvalue weighted by molar-refractivity contribution is 7.18. The van der Waals surface area contributed by atoms with Crippen molar-refractivity contribution in [3.8, 4) is 22.5 Å². The summed E-state index contributed by atoms with van der Waals surface area (Å²) in [5.74, 6) is 0. The van der Waals surface area contributed by atoms with E-state index < -0.39 is 0 Å². The van der Waals surface area contributed by atoms with Gasteiger partial charge in [-0.3, -0.25) is 0 Å². The van der Waals surface area contributed by atoms with Crippen LogP contribution in [0.1, 0.15) is 0 Å². The highest BCUT2D eigenvalue weighted by atomic mass is 32.1. The minimum atomic E-state index is 0.927. The summed E-state index contributed by atoms with van der Waals surface area (Å²) in [6, 6.07) is 25.1. The number of aromatic nitrogens is 2. The van der Waals surface area contributed by atoms with Gasteiger partial charge in [0.15, 0.2) is 0 Å². The number of rotatable bonds is 2. The standard InChI is InChI=1S/C24H14N2S2/c1-5-11-21-15(7-1)17(13-27-21)23-24(26-20-10-4-3-9-19(20)25-23)18-14-28-22-12-6-2-8-16(18)22/h1-14H. The van der Waals surface area contributed by atoms with Gasteiger partial charge in [-0.05, 0) is 24.3 Å². The van der Waals surface area contributed by atoms with Crippen molar-refractivity contribution in [1.29, 1.82) is 0 Å². The summed E-state index contributed by atoms with van der Waals surface area (Å²) in [7, 11) is 0. The average Bonchev–Trinajstić information content (AvgIpc) is 3.37. The third-order valence-electron chi connectivity index (χ3n) is 5.04. The van der Waals surface area contributed by atoms with Gasteiger partial charge in [-0.25, -0.2) is 9.97 Å². The van der Waals surface area contributed by atoms with E-state index in [0.29, 0.717) is 0 Å². The lowest BCUT2D eigenvalue weighted by Crippen LogP contribution is -1.94. The molecule has 0 aliphatic carbocycles. The average molecular weight is 395 g/mol. The van der Waals surface area contributed by atoms with Gasteiger partial charge >= 0.3 is 0 Å². The summed E-state index contributed by atoms with van der Waals surface area (Å²) >= 11 is 3.52. The van der Waals surface area contributed by atoms with Gasteiger partial charge in [0.05, 0.1) is 22.4 Å². The molecule has 0 fully saturated rings. The van der Waals surface area contributed by atoms with Gasteiger partial charge in [-0.1, -0.05) is 48.5 Å². The summed E-state index contributed by atoms with van der Waals surface area (Å²) in [5, 5.41) is 6.89. The SMILES string of the molecule is c1ccc2nc(-c3csc4ccccc34)c(-c3csc4ccccc34)nc2c1. The molecule has 0 radical (unpaired) electrons. The van der Waals surface area contributed by atoms with Crippen LogP contribution in [-0.2, 0) is 0 Å². The Morgan fingerprint density at radius 1 is 0.500 bits per heavy atom. The van der Waals surface area contributed by atoms with E-state index in [-0.39, 0.29) is 0 Å². The van der Waals surface area contributed by atoms with E-state index in [1.807, 2.05) is 24.3 Å². The molecule has 3 aromatic heterocycles. The number of benzene rings is 3. The van der Waals surface area contributed by atoms with Crippen LogP contribution in [-0.4, -0.2) is 9.97 Å². The molecule has 2 nitrogen and oxygen atoms in total. The molecule has 0 aliphatic rings. The van der Waals surface area contributed by atoms with E-state index >= 15 is 0 Å². The molecular weight excluding hydrogens is 380 g/mol. The molecule has 0 saturated heterocycles. The summed E-state index contributed by atoms with van der Waals surface area (Å²) in [4.78, 5) is 10.2. The minimum Gasteiger partial charge on any atom is -0.244 e. The molecule has 0 saturated carbocycles. The Bertz CT molecular complexity index is 1360. The molecule has 3 aromatic carbocycles. The molecule has 0 bridgehead atoms. The maximum atomic E-state index is 5.08. The van der Waals surface area contributed by atoms with Gasteiger partial charge in [-0.15, -0.1) is 22.7 Å². The monoisotopic (exact) mass is 394 g/mol. The highest BCUT2D eigenvalue weighted by Crippen LogP contribution is 2.41. The fraction of sp³-hybridized carbons (Fsp3) is 0. The molecule has 0 aliphatic heterocycles. The Morgan fingerprint density at radius 2 is 0.929 bits per heavy atom. The quantitative estimate of drug-likeness (QED) is 0.306. The number of nitrogens with zero attached hydrogens (tertiary/aromatic N) is 2. The topological polar surface area (TPSA) is 25.8 Å². The van der Waals surface area contributed by atoms with Gasteiger partial charge in [-0.2, -0.15) is 0 Å². The van der Waals surface area contributed by atoms with Crippen molar-refractivity contribution in [2.24, 2.45) is 0 Å². The first-order valence-corrected chi connectivity index (χ1v) is 10.8. The molecule has 28 heavy (non-hydrogen) atoms. The lowest BCUT2D eigenvalue weighted by Gasteiger charge is -2.09. The molecular formula is C24H14N2S2. The molecule has 132 valence electrons. The summed E-state index contributed by atoms with van der Waals surface area (Å²) in [6.07, 6.45) is 0.